The first-order valence-corrected chi connectivity index (χ1v) is 7.18. The number of nitrogens with one attached hydrogen (secondary N) is 1. The van der Waals surface area contributed by atoms with E-state index in [1.807, 2.05) is 0 Å². The third-order valence-electron chi connectivity index (χ3n) is 3.77. The fourth-order valence-corrected chi connectivity index (χ4v) is 2.56. The molecular formula is C15H24FN3. The quantitative estimate of drug-likeness (QED) is 0.822. The summed E-state index contributed by atoms with van der Waals surface area (Å²) in [6, 6.07) is 3.18. The van der Waals surface area contributed by atoms with Crippen LogP contribution in [-0.4, -0.2) is 31.1 Å². The van der Waals surface area contributed by atoms with Crippen molar-refractivity contribution in [3.05, 3.63) is 23.5 Å². The third-order valence-corrected chi connectivity index (χ3v) is 3.77. The highest BCUT2D eigenvalue weighted by Crippen LogP contribution is 2.22. The van der Waals surface area contributed by atoms with Gasteiger partial charge in [0, 0.05) is 13.1 Å². The zero-order chi connectivity index (χ0) is 13.7. The van der Waals surface area contributed by atoms with E-state index in [0.29, 0.717) is 11.3 Å². The fraction of sp³-hybridized carbons (Fsp3) is 0.600. The molecule has 19 heavy (non-hydrogen) atoms. The highest BCUT2D eigenvalue weighted by molar-refractivity contribution is 5.67. The van der Waals surface area contributed by atoms with E-state index in [9.17, 15) is 4.39 Å². The number of hydrogen-bond acceptors (Lipinski definition) is 3. The Morgan fingerprint density at radius 3 is 2.58 bits per heavy atom. The standard InChI is InChI=1S/C15H24FN3/c1-12-10-15(14(17)11-13(12)16)18-6-9-19-7-4-2-3-5-8-19/h10-11,18H,2-9,17H2,1H3. The van der Waals surface area contributed by atoms with Gasteiger partial charge in [-0.05, 0) is 50.6 Å². The third kappa shape index (κ3) is 4.10. The molecule has 1 heterocycles. The molecule has 0 unspecified atom stereocenters. The molecule has 0 radical (unpaired) electrons. The van der Waals surface area contributed by atoms with Crippen molar-refractivity contribution < 1.29 is 4.39 Å². The molecule has 1 saturated heterocycles. The molecular weight excluding hydrogens is 241 g/mol. The summed E-state index contributed by atoms with van der Waals surface area (Å²) in [5.74, 6) is -0.240. The largest absolute Gasteiger partial charge is 0.397 e. The molecule has 1 aliphatic heterocycles. The van der Waals surface area contributed by atoms with Crippen molar-refractivity contribution >= 4 is 11.4 Å². The normalized spacial score (nSPS) is 17.2. The van der Waals surface area contributed by atoms with E-state index in [4.69, 9.17) is 5.73 Å². The summed E-state index contributed by atoms with van der Waals surface area (Å²) in [7, 11) is 0. The first-order valence-electron chi connectivity index (χ1n) is 7.18. The summed E-state index contributed by atoms with van der Waals surface area (Å²) in [5.41, 5.74) is 7.78. The Morgan fingerprint density at radius 1 is 1.21 bits per heavy atom. The van der Waals surface area contributed by atoms with Gasteiger partial charge >= 0.3 is 0 Å². The van der Waals surface area contributed by atoms with Crippen LogP contribution in [0.3, 0.4) is 0 Å². The zero-order valence-electron chi connectivity index (χ0n) is 11.7. The summed E-state index contributed by atoms with van der Waals surface area (Å²) in [4.78, 5) is 2.49. The lowest BCUT2D eigenvalue weighted by Gasteiger charge is -2.20. The number of nitrogens with zero attached hydrogens (tertiary/aromatic N) is 1. The van der Waals surface area contributed by atoms with Crippen LogP contribution < -0.4 is 11.1 Å². The van der Waals surface area contributed by atoms with Crippen LogP contribution in [0.15, 0.2) is 12.1 Å². The van der Waals surface area contributed by atoms with Gasteiger partial charge in [-0.15, -0.1) is 0 Å². The first-order chi connectivity index (χ1) is 9.16. The number of anilines is 2. The minimum absolute atomic E-state index is 0.240. The smallest absolute Gasteiger partial charge is 0.128 e. The second-order valence-electron chi connectivity index (χ2n) is 5.37. The van der Waals surface area contributed by atoms with Crippen LogP contribution >= 0.6 is 0 Å². The predicted octanol–water partition coefficient (Wildman–Crippen LogP) is 3.00. The molecule has 1 fully saturated rings. The number of benzene rings is 1. The van der Waals surface area contributed by atoms with Crippen LogP contribution in [0.1, 0.15) is 31.2 Å². The molecule has 0 spiro atoms. The van der Waals surface area contributed by atoms with E-state index in [1.165, 1.54) is 44.8 Å². The van der Waals surface area contributed by atoms with Crippen molar-refractivity contribution in [2.24, 2.45) is 0 Å². The van der Waals surface area contributed by atoms with E-state index >= 15 is 0 Å². The van der Waals surface area contributed by atoms with Gasteiger partial charge < -0.3 is 16.0 Å². The Balaban J connectivity index is 1.83. The van der Waals surface area contributed by atoms with E-state index in [-0.39, 0.29) is 5.82 Å². The second kappa shape index (κ2) is 6.75. The second-order valence-corrected chi connectivity index (χ2v) is 5.37. The number of halogens is 1. The topological polar surface area (TPSA) is 41.3 Å². The summed E-state index contributed by atoms with van der Waals surface area (Å²) in [6.45, 7) is 6.03. The number of hydrogen-bond donors (Lipinski definition) is 2. The predicted molar refractivity (Wildman–Crippen MR) is 78.9 cm³/mol. The van der Waals surface area contributed by atoms with Crippen LogP contribution in [-0.2, 0) is 0 Å². The van der Waals surface area contributed by atoms with Gasteiger partial charge in [-0.25, -0.2) is 4.39 Å². The first kappa shape index (κ1) is 14.1. The van der Waals surface area contributed by atoms with Gasteiger partial charge in [-0.2, -0.15) is 0 Å². The molecule has 0 atom stereocenters. The number of aryl methyl sites for hydroxylation is 1. The minimum Gasteiger partial charge on any atom is -0.397 e. The number of nitrogen functional groups attached to an aromatic ring is 1. The Kier molecular flexibility index (Phi) is 5.02. The minimum atomic E-state index is -0.240. The van der Waals surface area contributed by atoms with E-state index in [1.54, 1.807) is 13.0 Å². The molecule has 0 aliphatic carbocycles. The molecule has 3 nitrogen and oxygen atoms in total. The molecule has 0 amide bonds. The van der Waals surface area contributed by atoms with Gasteiger partial charge in [0.1, 0.15) is 5.82 Å². The Morgan fingerprint density at radius 2 is 1.89 bits per heavy atom. The maximum absolute atomic E-state index is 13.3. The molecule has 0 aromatic heterocycles. The highest BCUT2D eigenvalue weighted by Gasteiger charge is 2.09. The Hall–Kier alpha value is -1.29. The molecule has 4 heteroatoms. The molecule has 3 N–H and O–H groups in total. The molecule has 1 aromatic rings. The number of rotatable bonds is 4. The van der Waals surface area contributed by atoms with Gasteiger partial charge in [0.15, 0.2) is 0 Å². The van der Waals surface area contributed by atoms with Crippen molar-refractivity contribution in [2.45, 2.75) is 32.6 Å². The van der Waals surface area contributed by atoms with Crippen LogP contribution in [0, 0.1) is 12.7 Å². The van der Waals surface area contributed by atoms with Gasteiger partial charge in [0.25, 0.3) is 0 Å². The Labute approximate surface area is 115 Å². The van der Waals surface area contributed by atoms with Gasteiger partial charge in [0.05, 0.1) is 11.4 Å². The summed E-state index contributed by atoms with van der Waals surface area (Å²) in [5, 5.41) is 3.32. The zero-order valence-corrected chi connectivity index (χ0v) is 11.7. The van der Waals surface area contributed by atoms with Crippen molar-refractivity contribution in [2.75, 3.05) is 37.2 Å². The number of nitrogens with two attached hydrogens (primary N) is 1. The molecule has 106 valence electrons. The molecule has 0 saturated carbocycles. The lowest BCUT2D eigenvalue weighted by atomic mass is 10.2. The SMILES string of the molecule is Cc1cc(NCCN2CCCCCC2)c(N)cc1F. The van der Waals surface area contributed by atoms with E-state index in [0.717, 1.165) is 18.8 Å². The average molecular weight is 265 g/mol. The van der Waals surface area contributed by atoms with Crippen molar-refractivity contribution in [3.8, 4) is 0 Å². The molecule has 0 bridgehead atoms. The van der Waals surface area contributed by atoms with Gasteiger partial charge in [-0.3, -0.25) is 0 Å². The molecule has 1 aromatic carbocycles. The Bertz CT molecular complexity index is 412. The number of likely N-dealkylation sites (tertiary alicyclic amines) is 1. The monoisotopic (exact) mass is 265 g/mol. The molecule has 1 aliphatic rings. The lowest BCUT2D eigenvalue weighted by molar-refractivity contribution is 0.296. The van der Waals surface area contributed by atoms with Crippen molar-refractivity contribution in [1.82, 2.24) is 4.90 Å². The van der Waals surface area contributed by atoms with Crippen LogP contribution in [0.4, 0.5) is 15.8 Å². The average Bonchev–Trinajstić information content (AvgIpc) is 2.64. The highest BCUT2D eigenvalue weighted by atomic mass is 19.1. The van der Waals surface area contributed by atoms with E-state index in [2.05, 4.69) is 10.2 Å². The summed E-state index contributed by atoms with van der Waals surface area (Å²) in [6.07, 6.45) is 5.32. The molecule has 2 rings (SSSR count). The maximum Gasteiger partial charge on any atom is 0.128 e. The van der Waals surface area contributed by atoms with Crippen LogP contribution in [0.5, 0.6) is 0 Å². The summed E-state index contributed by atoms with van der Waals surface area (Å²) < 4.78 is 13.3. The van der Waals surface area contributed by atoms with Crippen molar-refractivity contribution in [1.29, 1.82) is 0 Å². The van der Waals surface area contributed by atoms with Crippen molar-refractivity contribution in [3.63, 3.8) is 0 Å². The summed E-state index contributed by atoms with van der Waals surface area (Å²) >= 11 is 0. The van der Waals surface area contributed by atoms with Crippen LogP contribution in [0.25, 0.3) is 0 Å². The van der Waals surface area contributed by atoms with Gasteiger partial charge in [-0.1, -0.05) is 12.8 Å². The fourth-order valence-electron chi connectivity index (χ4n) is 2.56. The van der Waals surface area contributed by atoms with E-state index < -0.39 is 0 Å². The lowest BCUT2D eigenvalue weighted by Crippen LogP contribution is -2.30. The maximum atomic E-state index is 13.3. The van der Waals surface area contributed by atoms with Gasteiger partial charge in [0.2, 0.25) is 0 Å². The van der Waals surface area contributed by atoms with Crippen LogP contribution in [0.2, 0.25) is 0 Å².